The van der Waals surface area contributed by atoms with E-state index in [9.17, 15) is 34.2 Å². The van der Waals surface area contributed by atoms with Crippen LogP contribution >= 0.6 is 23.2 Å². The van der Waals surface area contributed by atoms with E-state index in [1.807, 2.05) is 0 Å². The standard InChI is InChI=1S/C31H30Cl2N4O9/c32-17-10-18(33)12-19(11-17)46-23-13-25(39)36(30(23)43)14-16-6-8-35(9-7-16)26(40)15-45-22-3-1-2-20-27(22)31(44)37(29(20)42)21-4-5-24(38)34-28(21)41/h1-3,10-13,16,21,25,30,39,43H,4-9,14-15H2,(H,34,38,41). The summed E-state index contributed by atoms with van der Waals surface area (Å²) in [4.78, 5) is 67.2. The fourth-order valence-electron chi connectivity index (χ4n) is 6.15. The summed E-state index contributed by atoms with van der Waals surface area (Å²) >= 11 is 12.1. The predicted octanol–water partition coefficient (Wildman–Crippen LogP) is 1.93. The van der Waals surface area contributed by atoms with Crippen molar-refractivity contribution in [2.45, 2.75) is 44.2 Å². The molecule has 0 spiro atoms. The number of carbonyl (C=O) groups excluding carboxylic acids is 5. The van der Waals surface area contributed by atoms with Gasteiger partial charge in [0.25, 0.3) is 17.7 Å². The van der Waals surface area contributed by atoms with E-state index in [2.05, 4.69) is 5.32 Å². The van der Waals surface area contributed by atoms with E-state index in [0.29, 0.717) is 48.3 Å². The maximum absolute atomic E-state index is 13.3. The Bertz CT molecular complexity index is 1620. The van der Waals surface area contributed by atoms with Gasteiger partial charge in [0, 0.05) is 42.2 Å². The highest BCUT2D eigenvalue weighted by molar-refractivity contribution is 6.34. The van der Waals surface area contributed by atoms with Crippen LogP contribution in [0.15, 0.2) is 48.2 Å². The van der Waals surface area contributed by atoms with Gasteiger partial charge in [-0.1, -0.05) is 29.3 Å². The smallest absolute Gasteiger partial charge is 0.266 e. The van der Waals surface area contributed by atoms with Gasteiger partial charge in [-0.25, -0.2) is 4.90 Å². The average molecular weight is 674 g/mol. The lowest BCUT2D eigenvalue weighted by molar-refractivity contribution is -0.136. The molecule has 2 fully saturated rings. The molecule has 0 aromatic heterocycles. The van der Waals surface area contributed by atoms with Gasteiger partial charge in [-0.3, -0.25) is 34.2 Å². The third kappa shape index (κ3) is 6.33. The van der Waals surface area contributed by atoms with Crippen LogP contribution in [-0.4, -0.2) is 99.2 Å². The Hall–Kier alpha value is -4.01. The van der Waals surface area contributed by atoms with E-state index in [-0.39, 0.29) is 53.9 Å². The number of nitrogens with one attached hydrogen (secondary N) is 1. The van der Waals surface area contributed by atoms with Crippen molar-refractivity contribution in [2.24, 2.45) is 5.92 Å². The van der Waals surface area contributed by atoms with Crippen molar-refractivity contribution in [2.75, 3.05) is 26.2 Å². The molecule has 2 aromatic rings. The van der Waals surface area contributed by atoms with Gasteiger partial charge in [0.15, 0.2) is 12.8 Å². The summed E-state index contributed by atoms with van der Waals surface area (Å²) in [6.07, 6.45) is 0.407. The van der Waals surface area contributed by atoms with Crippen molar-refractivity contribution in [3.63, 3.8) is 0 Å². The molecule has 0 radical (unpaired) electrons. The zero-order chi connectivity index (χ0) is 32.7. The summed E-state index contributed by atoms with van der Waals surface area (Å²) < 4.78 is 11.5. The lowest BCUT2D eigenvalue weighted by Gasteiger charge is -2.35. The second-order valence-corrected chi connectivity index (χ2v) is 12.4. The maximum atomic E-state index is 13.3. The number of aliphatic hydroxyl groups is 2. The number of benzene rings is 2. The molecule has 15 heteroatoms. The Balaban J connectivity index is 1.01. The van der Waals surface area contributed by atoms with E-state index in [1.54, 1.807) is 23.1 Å². The molecular weight excluding hydrogens is 643 g/mol. The van der Waals surface area contributed by atoms with E-state index in [1.165, 1.54) is 29.2 Å². The van der Waals surface area contributed by atoms with Gasteiger partial charge in [-0.2, -0.15) is 0 Å². The molecule has 4 aliphatic rings. The van der Waals surface area contributed by atoms with Crippen molar-refractivity contribution < 1.29 is 43.7 Å². The van der Waals surface area contributed by atoms with Crippen molar-refractivity contribution in [3.05, 3.63) is 69.4 Å². The van der Waals surface area contributed by atoms with Crippen molar-refractivity contribution in [1.29, 1.82) is 0 Å². The first-order valence-corrected chi connectivity index (χ1v) is 15.5. The van der Waals surface area contributed by atoms with Crippen LogP contribution in [0, 0.1) is 5.92 Å². The van der Waals surface area contributed by atoms with Crippen LogP contribution in [0.5, 0.6) is 11.5 Å². The molecule has 4 heterocycles. The molecule has 2 saturated heterocycles. The van der Waals surface area contributed by atoms with E-state index < -0.39 is 42.1 Å². The quantitative estimate of drug-likeness (QED) is 0.353. The number of likely N-dealkylation sites (tertiary alicyclic amines) is 1. The van der Waals surface area contributed by atoms with Gasteiger partial charge in [0.2, 0.25) is 11.8 Å². The molecule has 5 amide bonds. The Morgan fingerprint density at radius 1 is 0.978 bits per heavy atom. The summed E-state index contributed by atoms with van der Waals surface area (Å²) in [6, 6.07) is 8.00. The molecule has 0 bridgehead atoms. The lowest BCUT2D eigenvalue weighted by Crippen LogP contribution is -2.54. The van der Waals surface area contributed by atoms with E-state index in [4.69, 9.17) is 32.7 Å². The zero-order valence-electron chi connectivity index (χ0n) is 24.4. The second kappa shape index (κ2) is 13.0. The fraction of sp³-hybridized carbons (Fsp3) is 0.387. The lowest BCUT2D eigenvalue weighted by atomic mass is 9.96. The van der Waals surface area contributed by atoms with E-state index in [0.717, 1.165) is 4.90 Å². The van der Waals surface area contributed by atoms with Gasteiger partial charge in [-0.15, -0.1) is 0 Å². The molecule has 3 unspecified atom stereocenters. The monoisotopic (exact) mass is 672 g/mol. The third-order valence-electron chi connectivity index (χ3n) is 8.51. The normalized spacial score (nSPS) is 23.8. The first kappa shape index (κ1) is 32.0. The molecular formula is C31H30Cl2N4O9. The number of aliphatic hydroxyl groups excluding tert-OH is 2. The molecule has 3 atom stereocenters. The minimum Gasteiger partial charge on any atom is -0.483 e. The summed E-state index contributed by atoms with van der Waals surface area (Å²) in [7, 11) is 0. The van der Waals surface area contributed by atoms with Crippen LogP contribution in [0.25, 0.3) is 0 Å². The zero-order valence-corrected chi connectivity index (χ0v) is 25.9. The molecule has 3 N–H and O–H groups in total. The number of nitrogens with zero attached hydrogens (tertiary/aromatic N) is 3. The largest absolute Gasteiger partial charge is 0.483 e. The van der Waals surface area contributed by atoms with Crippen LogP contribution in [0.1, 0.15) is 46.4 Å². The number of ether oxygens (including phenoxy) is 2. The van der Waals surface area contributed by atoms with Crippen LogP contribution < -0.4 is 14.8 Å². The number of rotatable bonds is 8. The number of hydrogen-bond donors (Lipinski definition) is 3. The highest BCUT2D eigenvalue weighted by Gasteiger charge is 2.46. The van der Waals surface area contributed by atoms with Crippen molar-refractivity contribution in [3.8, 4) is 11.5 Å². The van der Waals surface area contributed by atoms with Gasteiger partial charge >= 0.3 is 0 Å². The third-order valence-corrected chi connectivity index (χ3v) is 8.95. The first-order chi connectivity index (χ1) is 22.0. The molecule has 6 rings (SSSR count). The minimum absolute atomic E-state index is 0.00357. The molecule has 46 heavy (non-hydrogen) atoms. The molecule has 2 aromatic carbocycles. The van der Waals surface area contributed by atoms with Crippen molar-refractivity contribution >= 4 is 52.7 Å². The topological polar surface area (TPSA) is 166 Å². The Labute approximate surface area is 273 Å². The van der Waals surface area contributed by atoms with Gasteiger partial charge in [0.1, 0.15) is 29.5 Å². The number of fused-ring (bicyclic) bond motifs is 1. The maximum Gasteiger partial charge on any atom is 0.266 e. The average Bonchev–Trinajstić information content (AvgIpc) is 3.42. The highest BCUT2D eigenvalue weighted by Crippen LogP contribution is 2.34. The van der Waals surface area contributed by atoms with Crippen molar-refractivity contribution in [1.82, 2.24) is 20.0 Å². The first-order valence-electron chi connectivity index (χ1n) is 14.7. The summed E-state index contributed by atoms with van der Waals surface area (Å²) in [5.41, 5.74) is 0.0352. The number of halogens is 2. The summed E-state index contributed by atoms with van der Waals surface area (Å²) in [5.74, 6) is -2.27. The summed E-state index contributed by atoms with van der Waals surface area (Å²) in [6.45, 7) is 0.815. The van der Waals surface area contributed by atoms with Gasteiger partial charge in [-0.05, 0) is 55.5 Å². The number of piperidine rings is 2. The van der Waals surface area contributed by atoms with Crippen LogP contribution in [-0.2, 0) is 14.4 Å². The number of amides is 5. The fourth-order valence-corrected chi connectivity index (χ4v) is 6.66. The van der Waals surface area contributed by atoms with E-state index >= 15 is 0 Å². The van der Waals surface area contributed by atoms with Crippen LogP contribution in [0.3, 0.4) is 0 Å². The Morgan fingerprint density at radius 2 is 1.70 bits per heavy atom. The highest BCUT2D eigenvalue weighted by atomic mass is 35.5. The molecule has 0 aliphatic carbocycles. The molecule has 4 aliphatic heterocycles. The van der Waals surface area contributed by atoms with Crippen LogP contribution in [0.2, 0.25) is 10.0 Å². The van der Waals surface area contributed by atoms with Crippen LogP contribution in [0.4, 0.5) is 0 Å². The SMILES string of the molecule is O=C1CCC(N2C(=O)c3cccc(OCC(=O)N4CCC(CN5C(O)C=C(Oc6cc(Cl)cc(Cl)c6)C5O)CC4)c3C2=O)C(=O)N1. The molecule has 242 valence electrons. The Morgan fingerprint density at radius 3 is 2.39 bits per heavy atom. The molecule has 0 saturated carbocycles. The minimum atomic E-state index is -1.19. The van der Waals surface area contributed by atoms with Gasteiger partial charge in [0.05, 0.1) is 11.1 Å². The molecule has 13 nitrogen and oxygen atoms in total. The summed E-state index contributed by atoms with van der Waals surface area (Å²) in [5, 5.41) is 24.3. The number of hydrogen-bond acceptors (Lipinski definition) is 10. The number of imide groups is 2. The second-order valence-electron chi connectivity index (χ2n) is 11.5. The predicted molar refractivity (Wildman–Crippen MR) is 162 cm³/mol. The Kier molecular flexibility index (Phi) is 9.03. The van der Waals surface area contributed by atoms with Gasteiger partial charge < -0.3 is 24.6 Å². The number of carbonyl (C=O) groups is 5.